The van der Waals surface area contributed by atoms with Gasteiger partial charge in [-0.15, -0.1) is 9.36 Å². The van der Waals surface area contributed by atoms with Crippen LogP contribution < -0.4 is 4.68 Å². The van der Waals surface area contributed by atoms with Gasteiger partial charge in [0.15, 0.2) is 24.5 Å². The number of aromatic nitrogens is 2. The first kappa shape index (κ1) is 13.4. The molecule has 3 heteroatoms. The molecule has 0 aliphatic rings. The van der Waals surface area contributed by atoms with Crippen molar-refractivity contribution in [2.24, 2.45) is 7.05 Å². The Labute approximate surface area is 139 Å². The lowest BCUT2D eigenvalue weighted by molar-refractivity contribution is -0.744. The van der Waals surface area contributed by atoms with Crippen LogP contribution in [0.25, 0.3) is 38.4 Å². The summed E-state index contributed by atoms with van der Waals surface area (Å²) >= 11 is 0. The summed E-state index contributed by atoms with van der Waals surface area (Å²) in [6.07, 6.45) is 4.12. The van der Waals surface area contributed by atoms with Gasteiger partial charge in [0.1, 0.15) is 5.58 Å². The first-order valence-corrected chi connectivity index (χ1v) is 8.12. The maximum atomic E-state index is 6.32. The highest BCUT2D eigenvalue weighted by atomic mass is 16.3. The Morgan fingerprint density at radius 3 is 2.33 bits per heavy atom. The van der Waals surface area contributed by atoms with Gasteiger partial charge in [-0.1, -0.05) is 42.5 Å². The molecule has 0 spiro atoms. The van der Waals surface area contributed by atoms with Gasteiger partial charge in [0.25, 0.3) is 0 Å². The minimum atomic E-state index is 0.930. The molecule has 2 aromatic heterocycles. The fraction of sp³-hybridized carbons (Fsp3) is 0.0952. The van der Waals surface area contributed by atoms with Crippen molar-refractivity contribution in [3.8, 4) is 5.69 Å². The van der Waals surface area contributed by atoms with E-state index in [9.17, 15) is 0 Å². The molecule has 0 amide bonds. The fourth-order valence-electron chi connectivity index (χ4n) is 3.74. The number of fused-ring (bicyclic) bond motifs is 5. The molecule has 0 unspecified atom stereocenters. The van der Waals surface area contributed by atoms with Crippen LogP contribution in [0, 0.1) is 6.92 Å². The van der Waals surface area contributed by atoms with E-state index in [1.54, 1.807) is 0 Å². The third kappa shape index (κ3) is 1.64. The summed E-state index contributed by atoms with van der Waals surface area (Å²) in [5, 5.41) is 4.86. The molecule has 0 saturated carbocycles. The Kier molecular flexibility index (Phi) is 2.63. The van der Waals surface area contributed by atoms with E-state index in [0.29, 0.717) is 0 Å². The van der Waals surface area contributed by atoms with Crippen LogP contribution in [0.5, 0.6) is 0 Å². The molecular weight excluding hydrogens is 296 g/mol. The fourth-order valence-corrected chi connectivity index (χ4v) is 3.74. The summed E-state index contributed by atoms with van der Waals surface area (Å²) < 4.78 is 10.5. The molecular formula is C21H17N2O+. The molecule has 0 saturated heterocycles. The number of aryl methyl sites for hydroxylation is 2. The van der Waals surface area contributed by atoms with E-state index in [-0.39, 0.29) is 0 Å². The lowest BCUT2D eigenvalue weighted by Gasteiger charge is -2.10. The molecule has 0 aliphatic heterocycles. The molecule has 24 heavy (non-hydrogen) atoms. The number of nitrogens with zero attached hydrogens (tertiary/aromatic N) is 2. The maximum absolute atomic E-state index is 6.32. The monoisotopic (exact) mass is 313 g/mol. The molecule has 0 bridgehead atoms. The van der Waals surface area contributed by atoms with Gasteiger partial charge in [0.05, 0.1) is 6.20 Å². The molecule has 2 heterocycles. The highest BCUT2D eigenvalue weighted by Gasteiger charge is 2.21. The van der Waals surface area contributed by atoms with Crippen LogP contribution in [0.3, 0.4) is 0 Å². The molecule has 5 rings (SSSR count). The van der Waals surface area contributed by atoms with Crippen molar-refractivity contribution in [2.75, 3.05) is 0 Å². The van der Waals surface area contributed by atoms with Gasteiger partial charge < -0.3 is 4.42 Å². The normalized spacial score (nSPS) is 11.8. The van der Waals surface area contributed by atoms with E-state index in [1.807, 2.05) is 31.4 Å². The molecule has 3 nitrogen and oxygen atoms in total. The first-order valence-electron chi connectivity index (χ1n) is 8.12. The molecule has 0 N–H and O–H groups in total. The van der Waals surface area contributed by atoms with Crippen molar-refractivity contribution >= 4 is 32.7 Å². The van der Waals surface area contributed by atoms with Crippen molar-refractivity contribution in [2.45, 2.75) is 6.92 Å². The molecule has 3 aromatic carbocycles. The van der Waals surface area contributed by atoms with Crippen molar-refractivity contribution in [1.29, 1.82) is 0 Å². The second kappa shape index (κ2) is 4.71. The summed E-state index contributed by atoms with van der Waals surface area (Å²) in [5.74, 6) is 0. The zero-order chi connectivity index (χ0) is 16.3. The second-order valence-corrected chi connectivity index (χ2v) is 6.23. The topological polar surface area (TPSA) is 21.9 Å². The Morgan fingerprint density at radius 2 is 1.58 bits per heavy atom. The van der Waals surface area contributed by atoms with Crippen LogP contribution in [-0.2, 0) is 7.05 Å². The minimum Gasteiger partial charge on any atom is -0.454 e. The Balaban J connectivity index is 2.12. The van der Waals surface area contributed by atoms with E-state index in [0.717, 1.165) is 16.9 Å². The molecule has 116 valence electrons. The van der Waals surface area contributed by atoms with Crippen molar-refractivity contribution < 1.29 is 9.10 Å². The van der Waals surface area contributed by atoms with Crippen LogP contribution in [0.2, 0.25) is 0 Å². The number of hydrogen-bond acceptors (Lipinski definition) is 1. The molecule has 0 atom stereocenters. The number of benzene rings is 3. The molecule has 5 aromatic rings. The third-order valence-corrected chi connectivity index (χ3v) is 4.86. The summed E-state index contributed by atoms with van der Waals surface area (Å²) in [6, 6.07) is 18.9. The Bertz CT molecular complexity index is 1230. The van der Waals surface area contributed by atoms with Gasteiger partial charge in [-0.2, -0.15) is 0 Å². The lowest BCUT2D eigenvalue weighted by Crippen LogP contribution is -2.37. The summed E-state index contributed by atoms with van der Waals surface area (Å²) in [5.41, 5.74) is 4.20. The SMILES string of the molecule is Cc1c(-n2ccc[n+]2C)c2oc3ccccc3c2c2ccccc12. The van der Waals surface area contributed by atoms with E-state index in [2.05, 4.69) is 58.9 Å². The average Bonchev–Trinajstić information content (AvgIpc) is 3.19. The largest absolute Gasteiger partial charge is 0.454 e. The summed E-state index contributed by atoms with van der Waals surface area (Å²) in [7, 11) is 2.04. The lowest BCUT2D eigenvalue weighted by atomic mass is 9.98. The van der Waals surface area contributed by atoms with Crippen LogP contribution >= 0.6 is 0 Å². The standard InChI is InChI=1S/C21H17N2O/c1-14-15-8-3-4-9-16(15)19-17-10-5-6-11-18(17)24-21(19)20(14)23-13-7-12-22(23)2/h3-13H,1-2H3/q+1. The molecule has 0 aliphatic carbocycles. The Hall–Kier alpha value is -3.07. The van der Waals surface area contributed by atoms with Crippen molar-refractivity contribution in [3.05, 3.63) is 72.6 Å². The minimum absolute atomic E-state index is 0.930. The average molecular weight is 313 g/mol. The van der Waals surface area contributed by atoms with Gasteiger partial charge in [0, 0.05) is 16.8 Å². The number of para-hydroxylation sites is 1. The van der Waals surface area contributed by atoms with Crippen LogP contribution in [0.1, 0.15) is 5.56 Å². The van der Waals surface area contributed by atoms with E-state index in [1.165, 1.54) is 27.1 Å². The van der Waals surface area contributed by atoms with Gasteiger partial charge in [-0.3, -0.25) is 0 Å². The van der Waals surface area contributed by atoms with E-state index >= 15 is 0 Å². The molecule has 0 radical (unpaired) electrons. The van der Waals surface area contributed by atoms with Crippen LogP contribution in [-0.4, -0.2) is 4.68 Å². The maximum Gasteiger partial charge on any atom is 0.195 e. The Morgan fingerprint density at radius 1 is 0.875 bits per heavy atom. The zero-order valence-corrected chi connectivity index (χ0v) is 13.7. The van der Waals surface area contributed by atoms with Crippen LogP contribution in [0.15, 0.2) is 71.4 Å². The van der Waals surface area contributed by atoms with Crippen molar-refractivity contribution in [3.63, 3.8) is 0 Å². The van der Waals surface area contributed by atoms with Crippen molar-refractivity contribution in [1.82, 2.24) is 4.68 Å². The first-order chi connectivity index (χ1) is 11.8. The zero-order valence-electron chi connectivity index (χ0n) is 13.7. The summed E-state index contributed by atoms with van der Waals surface area (Å²) in [4.78, 5) is 0. The predicted octanol–water partition coefficient (Wildman–Crippen LogP) is 4.66. The number of rotatable bonds is 1. The molecule has 0 fully saturated rings. The third-order valence-electron chi connectivity index (χ3n) is 4.86. The van der Waals surface area contributed by atoms with Gasteiger partial charge in [0.2, 0.25) is 0 Å². The van der Waals surface area contributed by atoms with Crippen LogP contribution in [0.4, 0.5) is 0 Å². The van der Waals surface area contributed by atoms with Gasteiger partial charge >= 0.3 is 0 Å². The second-order valence-electron chi connectivity index (χ2n) is 6.23. The number of furan rings is 1. The quantitative estimate of drug-likeness (QED) is 0.412. The summed E-state index contributed by atoms with van der Waals surface area (Å²) in [6.45, 7) is 2.17. The van der Waals surface area contributed by atoms with E-state index < -0.39 is 0 Å². The van der Waals surface area contributed by atoms with Gasteiger partial charge in [-0.05, 0) is 29.3 Å². The predicted molar refractivity (Wildman–Crippen MR) is 96.5 cm³/mol. The van der Waals surface area contributed by atoms with Gasteiger partial charge in [-0.25, -0.2) is 0 Å². The highest BCUT2D eigenvalue weighted by Crippen LogP contribution is 2.40. The highest BCUT2D eigenvalue weighted by molar-refractivity contribution is 6.21. The number of hydrogen-bond donors (Lipinski definition) is 0. The smallest absolute Gasteiger partial charge is 0.195 e. The van der Waals surface area contributed by atoms with E-state index in [4.69, 9.17) is 4.42 Å².